The summed E-state index contributed by atoms with van der Waals surface area (Å²) >= 11 is 6.15. The van der Waals surface area contributed by atoms with Crippen LogP contribution < -0.4 is 10.2 Å². The Morgan fingerprint density at radius 3 is 2.67 bits per heavy atom. The molecule has 0 aromatic heterocycles. The fourth-order valence-electron chi connectivity index (χ4n) is 3.83. The third-order valence-corrected chi connectivity index (χ3v) is 5.74. The predicted molar refractivity (Wildman–Crippen MR) is 103 cm³/mol. The minimum atomic E-state index is -1.39. The molecular formula is C20H18ClN3O3. The van der Waals surface area contributed by atoms with Crippen molar-refractivity contribution in [3.8, 4) is 0 Å². The van der Waals surface area contributed by atoms with Crippen molar-refractivity contribution in [2.45, 2.75) is 25.4 Å². The first-order chi connectivity index (χ1) is 12.9. The molecule has 2 heterocycles. The quantitative estimate of drug-likeness (QED) is 0.865. The van der Waals surface area contributed by atoms with Crippen LogP contribution >= 0.6 is 11.6 Å². The minimum Gasteiger partial charge on any atom is -0.322 e. The third kappa shape index (κ3) is 2.44. The summed E-state index contributed by atoms with van der Waals surface area (Å²) in [6.45, 7) is 1.87. The van der Waals surface area contributed by atoms with Gasteiger partial charge in [-0.05, 0) is 36.8 Å². The average molecular weight is 384 g/mol. The van der Waals surface area contributed by atoms with E-state index in [2.05, 4.69) is 5.32 Å². The van der Waals surface area contributed by atoms with Gasteiger partial charge in [-0.15, -0.1) is 0 Å². The van der Waals surface area contributed by atoms with Gasteiger partial charge in [-0.2, -0.15) is 0 Å². The summed E-state index contributed by atoms with van der Waals surface area (Å²) in [6.07, 6.45) is 0.419. The molecule has 0 aliphatic carbocycles. The summed E-state index contributed by atoms with van der Waals surface area (Å²) < 4.78 is 0. The molecule has 2 aromatic rings. The molecule has 6 nitrogen and oxygen atoms in total. The van der Waals surface area contributed by atoms with Gasteiger partial charge in [-0.25, -0.2) is 0 Å². The third-order valence-electron chi connectivity index (χ3n) is 5.34. The van der Waals surface area contributed by atoms with Crippen LogP contribution in [0.1, 0.15) is 28.8 Å². The molecule has 1 saturated heterocycles. The van der Waals surface area contributed by atoms with E-state index in [1.54, 1.807) is 49.5 Å². The SMILES string of the molecule is Cc1ccc(NC(=O)C23CCC(=O)N2c2ccccc2C(=O)N3C)cc1Cl. The number of carbonyl (C=O) groups excluding carboxylic acids is 3. The standard InChI is InChI=1S/C20H18ClN3O3/c1-12-7-8-13(11-15(12)21)22-19(27)20-10-9-17(25)24(20)16-6-4-3-5-14(16)18(26)23(20)2/h3-8,11H,9-10H2,1-2H3,(H,22,27). The molecule has 138 valence electrons. The van der Waals surface area contributed by atoms with Crippen molar-refractivity contribution in [2.75, 3.05) is 17.3 Å². The molecule has 2 aliphatic heterocycles. The first-order valence-electron chi connectivity index (χ1n) is 8.64. The summed E-state index contributed by atoms with van der Waals surface area (Å²) in [7, 11) is 1.56. The Labute approximate surface area is 161 Å². The smallest absolute Gasteiger partial charge is 0.271 e. The number of para-hydroxylation sites is 1. The Bertz CT molecular complexity index is 990. The number of carbonyl (C=O) groups is 3. The molecule has 0 radical (unpaired) electrons. The second-order valence-corrected chi connectivity index (χ2v) is 7.25. The van der Waals surface area contributed by atoms with Crippen molar-refractivity contribution in [1.29, 1.82) is 0 Å². The largest absolute Gasteiger partial charge is 0.322 e. The zero-order valence-electron chi connectivity index (χ0n) is 15.0. The summed E-state index contributed by atoms with van der Waals surface area (Å²) in [5.74, 6) is -0.897. The second kappa shape index (κ2) is 6.09. The van der Waals surface area contributed by atoms with Crippen LogP contribution in [0.5, 0.6) is 0 Å². The Balaban J connectivity index is 1.79. The lowest BCUT2D eigenvalue weighted by molar-refractivity contribution is -0.128. The Kier molecular flexibility index (Phi) is 3.96. The van der Waals surface area contributed by atoms with Gasteiger partial charge in [0.05, 0.1) is 11.3 Å². The Morgan fingerprint density at radius 2 is 1.93 bits per heavy atom. The Hall–Kier alpha value is -2.86. The van der Waals surface area contributed by atoms with E-state index >= 15 is 0 Å². The summed E-state index contributed by atoms with van der Waals surface area (Å²) in [5.41, 5.74) is 0.908. The van der Waals surface area contributed by atoms with Gasteiger partial charge in [-0.1, -0.05) is 29.8 Å². The highest BCUT2D eigenvalue weighted by atomic mass is 35.5. The number of benzene rings is 2. The van der Waals surface area contributed by atoms with Crippen molar-refractivity contribution in [2.24, 2.45) is 0 Å². The molecule has 1 fully saturated rings. The van der Waals surface area contributed by atoms with Crippen LogP contribution in [0.25, 0.3) is 0 Å². The van der Waals surface area contributed by atoms with Gasteiger partial charge in [0.1, 0.15) is 0 Å². The number of hydrogen-bond acceptors (Lipinski definition) is 3. The summed E-state index contributed by atoms with van der Waals surface area (Å²) in [6, 6.07) is 12.1. The summed E-state index contributed by atoms with van der Waals surface area (Å²) in [4.78, 5) is 41.7. The molecule has 2 aliphatic rings. The van der Waals surface area contributed by atoms with Gasteiger partial charge in [0.2, 0.25) is 11.6 Å². The minimum absolute atomic E-state index is 0.182. The van der Waals surface area contributed by atoms with Crippen LogP contribution in [0.15, 0.2) is 42.5 Å². The highest BCUT2D eigenvalue weighted by molar-refractivity contribution is 6.31. The average Bonchev–Trinajstić information content (AvgIpc) is 3.01. The first kappa shape index (κ1) is 17.5. The van der Waals surface area contributed by atoms with Gasteiger partial charge < -0.3 is 10.2 Å². The Morgan fingerprint density at radius 1 is 1.19 bits per heavy atom. The molecule has 2 aromatic carbocycles. The number of rotatable bonds is 2. The predicted octanol–water partition coefficient (Wildman–Crippen LogP) is 3.20. The molecule has 1 N–H and O–H groups in total. The normalized spacial score (nSPS) is 21.1. The number of hydrogen-bond donors (Lipinski definition) is 1. The molecule has 1 unspecified atom stereocenters. The van der Waals surface area contributed by atoms with Gasteiger partial charge >= 0.3 is 0 Å². The number of anilines is 2. The van der Waals surface area contributed by atoms with E-state index in [1.807, 2.05) is 6.92 Å². The number of fused-ring (bicyclic) bond motifs is 3. The van der Waals surface area contributed by atoms with Crippen LogP contribution in [-0.4, -0.2) is 35.3 Å². The number of aryl methyl sites for hydroxylation is 1. The molecule has 0 spiro atoms. The van der Waals surface area contributed by atoms with Crippen LogP contribution in [0.2, 0.25) is 5.02 Å². The van der Waals surface area contributed by atoms with Crippen molar-refractivity contribution in [3.63, 3.8) is 0 Å². The van der Waals surface area contributed by atoms with Gasteiger partial charge in [0.15, 0.2) is 0 Å². The molecule has 27 heavy (non-hydrogen) atoms. The van der Waals surface area contributed by atoms with Crippen molar-refractivity contribution >= 4 is 40.7 Å². The maximum absolute atomic E-state index is 13.3. The number of likely N-dealkylation sites (N-methyl/N-ethyl adjacent to an activating group) is 1. The van der Waals surface area contributed by atoms with Crippen LogP contribution in [-0.2, 0) is 9.59 Å². The number of nitrogens with one attached hydrogen (secondary N) is 1. The lowest BCUT2D eigenvalue weighted by atomic mass is 9.96. The number of amides is 3. The van der Waals surface area contributed by atoms with Crippen molar-refractivity contribution in [3.05, 3.63) is 58.6 Å². The van der Waals surface area contributed by atoms with Gasteiger partial charge in [0.25, 0.3) is 11.8 Å². The van der Waals surface area contributed by atoms with Crippen LogP contribution in [0, 0.1) is 6.92 Å². The van der Waals surface area contributed by atoms with E-state index in [-0.39, 0.29) is 24.7 Å². The molecule has 0 bridgehead atoms. The molecule has 3 amide bonds. The second-order valence-electron chi connectivity index (χ2n) is 6.85. The van der Waals surface area contributed by atoms with Gasteiger partial charge in [0, 0.05) is 30.6 Å². The van der Waals surface area contributed by atoms with E-state index < -0.39 is 11.6 Å². The zero-order chi connectivity index (χ0) is 19.3. The molecular weight excluding hydrogens is 366 g/mol. The monoisotopic (exact) mass is 383 g/mol. The van der Waals surface area contributed by atoms with Crippen molar-refractivity contribution in [1.82, 2.24) is 4.90 Å². The highest BCUT2D eigenvalue weighted by Crippen LogP contribution is 2.44. The number of halogens is 1. The van der Waals surface area contributed by atoms with E-state index in [1.165, 1.54) is 9.80 Å². The highest BCUT2D eigenvalue weighted by Gasteiger charge is 2.59. The fraction of sp³-hybridized carbons (Fsp3) is 0.250. The van der Waals surface area contributed by atoms with Gasteiger partial charge in [-0.3, -0.25) is 19.3 Å². The van der Waals surface area contributed by atoms with E-state index in [4.69, 9.17) is 11.6 Å². The topological polar surface area (TPSA) is 69.7 Å². The summed E-state index contributed by atoms with van der Waals surface area (Å²) in [5, 5.41) is 3.36. The lowest BCUT2D eigenvalue weighted by Gasteiger charge is -2.47. The lowest BCUT2D eigenvalue weighted by Crippen LogP contribution is -2.68. The van der Waals surface area contributed by atoms with Crippen LogP contribution in [0.4, 0.5) is 11.4 Å². The maximum atomic E-state index is 13.3. The molecule has 1 atom stereocenters. The van der Waals surface area contributed by atoms with E-state index in [0.29, 0.717) is 22.0 Å². The maximum Gasteiger partial charge on any atom is 0.271 e. The molecule has 0 saturated carbocycles. The fourth-order valence-corrected chi connectivity index (χ4v) is 4.01. The van der Waals surface area contributed by atoms with E-state index in [9.17, 15) is 14.4 Å². The number of nitrogens with zero attached hydrogens (tertiary/aromatic N) is 2. The molecule has 7 heteroatoms. The molecule has 4 rings (SSSR count). The first-order valence-corrected chi connectivity index (χ1v) is 9.02. The van der Waals surface area contributed by atoms with Crippen molar-refractivity contribution < 1.29 is 14.4 Å². The van der Waals surface area contributed by atoms with Crippen LogP contribution in [0.3, 0.4) is 0 Å². The van der Waals surface area contributed by atoms with E-state index in [0.717, 1.165) is 5.56 Å². The zero-order valence-corrected chi connectivity index (χ0v) is 15.7.